The molecular weight excluding hydrogens is 464 g/mol. The predicted molar refractivity (Wildman–Crippen MR) is 128 cm³/mol. The molecule has 4 aromatic rings. The monoisotopic (exact) mass is 482 g/mol. The molecule has 2 aromatic carbocycles. The lowest BCUT2D eigenvalue weighted by atomic mass is 10.2. The zero-order valence-corrected chi connectivity index (χ0v) is 19.3. The average Bonchev–Trinajstić information content (AvgIpc) is 3.18. The van der Waals surface area contributed by atoms with Gasteiger partial charge in [-0.15, -0.1) is 11.3 Å². The number of aryl methyl sites for hydroxylation is 1. The average molecular weight is 483 g/mol. The number of aromatic amines is 1. The summed E-state index contributed by atoms with van der Waals surface area (Å²) in [6, 6.07) is 13.8. The number of H-pyrrole nitrogens is 1. The third kappa shape index (κ3) is 4.59. The van der Waals surface area contributed by atoms with Crippen LogP contribution in [-0.4, -0.2) is 27.6 Å². The molecule has 168 valence electrons. The minimum atomic E-state index is -0.723. The maximum Gasteiger partial charge on any atom is 0.333 e. The number of thiazole rings is 1. The van der Waals surface area contributed by atoms with E-state index < -0.39 is 17.2 Å². The van der Waals surface area contributed by atoms with E-state index >= 15 is 0 Å². The zero-order valence-electron chi connectivity index (χ0n) is 17.7. The van der Waals surface area contributed by atoms with Gasteiger partial charge in [-0.25, -0.2) is 14.3 Å². The zero-order chi connectivity index (χ0) is 23.5. The van der Waals surface area contributed by atoms with Crippen LogP contribution in [0.4, 0.5) is 0 Å². The lowest BCUT2D eigenvalue weighted by molar-refractivity contribution is 0.0949. The van der Waals surface area contributed by atoms with Gasteiger partial charge in [0.15, 0.2) is 0 Å². The number of rotatable bonds is 6. The number of benzene rings is 2. The molecule has 0 fully saturated rings. The van der Waals surface area contributed by atoms with E-state index in [1.807, 2.05) is 25.1 Å². The third-order valence-electron chi connectivity index (χ3n) is 4.96. The van der Waals surface area contributed by atoms with Crippen molar-refractivity contribution in [1.29, 1.82) is 0 Å². The Morgan fingerprint density at radius 3 is 2.61 bits per heavy atom. The molecule has 0 saturated carbocycles. The Morgan fingerprint density at radius 1 is 1.18 bits per heavy atom. The van der Waals surface area contributed by atoms with Crippen molar-refractivity contribution in [2.45, 2.75) is 13.5 Å². The number of nitrogens with zero attached hydrogens (tertiary/aromatic N) is 2. The number of hydrogen-bond acceptors (Lipinski definition) is 6. The molecule has 0 atom stereocenters. The van der Waals surface area contributed by atoms with E-state index in [1.165, 1.54) is 18.4 Å². The fraction of sp³-hybridized carbons (Fsp3) is 0.130. The molecule has 33 heavy (non-hydrogen) atoms. The number of amides is 1. The van der Waals surface area contributed by atoms with Crippen LogP contribution in [0, 0.1) is 6.92 Å². The number of methoxy groups -OCH3 is 1. The van der Waals surface area contributed by atoms with Crippen LogP contribution in [0.5, 0.6) is 5.75 Å². The van der Waals surface area contributed by atoms with Crippen molar-refractivity contribution in [3.8, 4) is 22.0 Å². The third-order valence-corrected chi connectivity index (χ3v) is 6.48. The highest BCUT2D eigenvalue weighted by Crippen LogP contribution is 2.32. The van der Waals surface area contributed by atoms with Crippen LogP contribution in [0.2, 0.25) is 5.02 Å². The fourth-order valence-corrected chi connectivity index (χ4v) is 4.52. The number of hydrogen-bond donors (Lipinski definition) is 2. The van der Waals surface area contributed by atoms with Gasteiger partial charge >= 0.3 is 5.69 Å². The summed E-state index contributed by atoms with van der Waals surface area (Å²) in [5.41, 5.74) is 0.335. The van der Waals surface area contributed by atoms with E-state index in [0.29, 0.717) is 16.5 Å². The summed E-state index contributed by atoms with van der Waals surface area (Å²) in [4.78, 5) is 45.8. The van der Waals surface area contributed by atoms with Gasteiger partial charge < -0.3 is 15.0 Å². The molecular formula is C23H19ClN4O4S. The molecule has 0 aliphatic heterocycles. The molecule has 2 N–H and O–H groups in total. The smallest absolute Gasteiger partial charge is 0.333 e. The molecule has 0 saturated heterocycles. The SMILES string of the molecule is COc1ccc(-n2c(=O)[nH]cc(C(=O)NCc3sc(-c4ccccc4Cl)nc3C)c2=O)cc1. The molecule has 0 aliphatic carbocycles. The Balaban J connectivity index is 1.57. The van der Waals surface area contributed by atoms with E-state index in [9.17, 15) is 14.4 Å². The summed E-state index contributed by atoms with van der Waals surface area (Å²) >= 11 is 7.68. The number of aromatic nitrogens is 3. The van der Waals surface area contributed by atoms with Gasteiger partial charge in [-0.3, -0.25) is 9.59 Å². The summed E-state index contributed by atoms with van der Waals surface area (Å²) in [6.45, 7) is 2.02. The first-order valence-electron chi connectivity index (χ1n) is 9.87. The molecule has 0 aliphatic rings. The number of halogens is 1. The lowest BCUT2D eigenvalue weighted by Crippen LogP contribution is -2.39. The van der Waals surface area contributed by atoms with Crippen molar-refractivity contribution in [2.75, 3.05) is 7.11 Å². The summed E-state index contributed by atoms with van der Waals surface area (Å²) in [6.07, 6.45) is 1.12. The highest BCUT2D eigenvalue weighted by Gasteiger charge is 2.17. The van der Waals surface area contributed by atoms with Crippen molar-refractivity contribution in [2.24, 2.45) is 0 Å². The van der Waals surface area contributed by atoms with Crippen molar-refractivity contribution in [3.05, 3.63) is 96.7 Å². The molecule has 0 unspecified atom stereocenters. The first kappa shape index (κ1) is 22.5. The van der Waals surface area contributed by atoms with E-state index in [4.69, 9.17) is 16.3 Å². The Morgan fingerprint density at radius 2 is 1.91 bits per heavy atom. The number of ether oxygens (including phenoxy) is 1. The molecule has 10 heteroatoms. The molecule has 1 amide bonds. The molecule has 2 aromatic heterocycles. The van der Waals surface area contributed by atoms with E-state index in [2.05, 4.69) is 15.3 Å². The summed E-state index contributed by atoms with van der Waals surface area (Å²) < 4.78 is 6.00. The second-order valence-corrected chi connectivity index (χ2v) is 8.53. The Labute approximate surface area is 197 Å². The van der Waals surface area contributed by atoms with Crippen LogP contribution in [0.3, 0.4) is 0 Å². The van der Waals surface area contributed by atoms with E-state index in [-0.39, 0.29) is 12.1 Å². The Hall–Kier alpha value is -3.69. The number of carbonyl (C=O) groups is 1. The summed E-state index contributed by atoms with van der Waals surface area (Å²) in [5, 5.41) is 4.07. The Bertz CT molecular complexity index is 1440. The summed E-state index contributed by atoms with van der Waals surface area (Å²) in [7, 11) is 1.52. The lowest BCUT2D eigenvalue weighted by Gasteiger charge is -2.08. The molecule has 0 bridgehead atoms. The van der Waals surface area contributed by atoms with Crippen molar-refractivity contribution >= 4 is 28.8 Å². The van der Waals surface area contributed by atoms with Crippen molar-refractivity contribution < 1.29 is 9.53 Å². The molecule has 8 nitrogen and oxygen atoms in total. The van der Waals surface area contributed by atoms with Crippen LogP contribution in [0.15, 0.2) is 64.3 Å². The van der Waals surface area contributed by atoms with Gasteiger partial charge in [0.2, 0.25) is 0 Å². The highest BCUT2D eigenvalue weighted by atomic mass is 35.5. The van der Waals surface area contributed by atoms with E-state index in [0.717, 1.165) is 31.9 Å². The highest BCUT2D eigenvalue weighted by molar-refractivity contribution is 7.15. The van der Waals surface area contributed by atoms with Gasteiger partial charge in [0, 0.05) is 16.6 Å². The second-order valence-electron chi connectivity index (χ2n) is 7.04. The van der Waals surface area contributed by atoms with Gasteiger partial charge in [-0.2, -0.15) is 0 Å². The second kappa shape index (κ2) is 9.43. The molecule has 4 rings (SSSR count). The van der Waals surface area contributed by atoms with Crippen LogP contribution < -0.4 is 21.3 Å². The predicted octanol–water partition coefficient (Wildman–Crippen LogP) is 3.55. The van der Waals surface area contributed by atoms with Gasteiger partial charge in [-0.1, -0.05) is 29.8 Å². The summed E-state index contributed by atoms with van der Waals surface area (Å²) in [5.74, 6) is -0.0289. The van der Waals surface area contributed by atoms with Crippen LogP contribution in [0.1, 0.15) is 20.9 Å². The van der Waals surface area contributed by atoms with Crippen molar-refractivity contribution in [3.63, 3.8) is 0 Å². The van der Waals surface area contributed by atoms with Crippen LogP contribution in [-0.2, 0) is 6.54 Å². The van der Waals surface area contributed by atoms with Crippen molar-refractivity contribution in [1.82, 2.24) is 19.9 Å². The Kier molecular flexibility index (Phi) is 6.43. The number of nitrogens with one attached hydrogen (secondary N) is 2. The van der Waals surface area contributed by atoms with Gasteiger partial charge in [0.05, 0.1) is 30.1 Å². The maximum atomic E-state index is 12.9. The minimum absolute atomic E-state index is 0.174. The molecule has 0 radical (unpaired) electrons. The van der Waals surface area contributed by atoms with Gasteiger partial charge in [0.1, 0.15) is 16.3 Å². The van der Waals surface area contributed by atoms with Gasteiger partial charge in [0.25, 0.3) is 11.5 Å². The quantitative estimate of drug-likeness (QED) is 0.437. The maximum absolute atomic E-state index is 12.9. The molecule has 0 spiro atoms. The van der Waals surface area contributed by atoms with E-state index in [1.54, 1.807) is 30.3 Å². The topological polar surface area (TPSA) is 106 Å². The van der Waals surface area contributed by atoms with Crippen LogP contribution in [0.25, 0.3) is 16.3 Å². The minimum Gasteiger partial charge on any atom is -0.497 e. The first-order valence-corrected chi connectivity index (χ1v) is 11.1. The molecule has 2 heterocycles. The fourth-order valence-electron chi connectivity index (χ4n) is 3.20. The van der Waals surface area contributed by atoms with Crippen LogP contribution >= 0.6 is 22.9 Å². The normalized spacial score (nSPS) is 10.8. The number of carbonyl (C=O) groups excluding carboxylic acids is 1. The largest absolute Gasteiger partial charge is 0.497 e. The van der Waals surface area contributed by atoms with Gasteiger partial charge in [-0.05, 0) is 37.3 Å². The standard InChI is InChI=1S/C23H19ClN4O4S/c1-13-19(33-21(27-13)16-5-3-4-6-18(16)24)12-25-20(29)17-11-26-23(31)28(22(17)30)14-7-9-15(32-2)10-8-14/h3-11H,12H2,1-2H3,(H,25,29)(H,26,31). The first-order chi connectivity index (χ1) is 15.9.